The number of ether oxygens (including phenoxy) is 1. The van der Waals surface area contributed by atoms with Crippen LogP contribution in [-0.2, 0) is 25.4 Å². The minimum absolute atomic E-state index is 0.0286. The lowest BCUT2D eigenvalue weighted by molar-refractivity contribution is -0.127. The van der Waals surface area contributed by atoms with Gasteiger partial charge in [-0.3, -0.25) is 28.8 Å². The molecular weight excluding hydrogens is 597 g/mol. The second-order valence-corrected chi connectivity index (χ2v) is 11.6. The average Bonchev–Trinajstić information content (AvgIpc) is 3.43. The van der Waals surface area contributed by atoms with E-state index in [0.717, 1.165) is 56.3 Å². The number of carbonyl (C=O) groups excluding carboxylic acids is 2. The smallest absolute Gasteiger partial charge is 0.330 e. The van der Waals surface area contributed by atoms with E-state index in [2.05, 4.69) is 27.4 Å². The van der Waals surface area contributed by atoms with Crippen molar-refractivity contribution in [2.75, 3.05) is 26.2 Å². The maximum atomic E-state index is 12.9. The molecule has 2 saturated heterocycles. The van der Waals surface area contributed by atoms with E-state index in [4.69, 9.17) is 10.5 Å². The van der Waals surface area contributed by atoms with Crippen molar-refractivity contribution < 1.29 is 24.0 Å². The molecule has 12 nitrogen and oxygen atoms in total. The molecule has 2 aliphatic heterocycles. The number of nitrogens with zero attached hydrogens (tertiary/aromatic N) is 2. The number of benzene rings is 1. The van der Waals surface area contributed by atoms with E-state index in [1.54, 1.807) is 12.2 Å². The van der Waals surface area contributed by atoms with Gasteiger partial charge in [0.25, 0.3) is 5.56 Å². The molecule has 0 aliphatic carbocycles. The quantitative estimate of drug-likeness (QED) is 0.170. The number of nitrogens with one attached hydrogen (secondary N) is 3. The highest BCUT2D eigenvalue weighted by molar-refractivity contribution is 7.09. The number of carbonyl (C=O) groups is 2. The van der Waals surface area contributed by atoms with Gasteiger partial charge < -0.3 is 25.0 Å². The standard InChI is InChI=1S/C32H44N5O7P/c1-2-3-15-36-16-5-4-11-25(36)31(41)34-19-23-9-6-8-22(17-23)12-13-28(39)33-14-7-10-24-20-37(32(42)35-30(24)40)29-18-26(38)27(44-29)21-43-45/h6-10,12-13,17,20,25-27,29,38H,2-5,11,14-16,18-19,21,45H2,1H3,(H,33,39)(H,34,41)(H,35,40,42)/i45T. The highest BCUT2D eigenvalue weighted by atomic mass is 31.0. The first kappa shape index (κ1) is 33.0. The Balaban J connectivity index is 1.26. The molecule has 1 aromatic heterocycles. The van der Waals surface area contributed by atoms with Crippen LogP contribution < -0.4 is 21.9 Å². The predicted octanol–water partition coefficient (Wildman–Crippen LogP) is 2.11. The van der Waals surface area contributed by atoms with Crippen LogP contribution in [0, 0.1) is 0 Å². The average molecular weight is 644 g/mol. The summed E-state index contributed by atoms with van der Waals surface area (Å²) in [6.07, 6.45) is 10.6. The van der Waals surface area contributed by atoms with Crippen LogP contribution in [0.1, 0.15) is 68.4 Å². The molecule has 45 heavy (non-hydrogen) atoms. The number of rotatable bonds is 15. The minimum Gasteiger partial charge on any atom is -0.390 e. The summed E-state index contributed by atoms with van der Waals surface area (Å²) in [7, 11) is -0.500. The number of amides is 2. The topological polar surface area (TPSA) is 155 Å². The van der Waals surface area contributed by atoms with Crippen molar-refractivity contribution in [2.24, 2.45) is 0 Å². The van der Waals surface area contributed by atoms with Crippen LogP contribution in [0.4, 0.5) is 0 Å². The van der Waals surface area contributed by atoms with E-state index in [-0.39, 0.29) is 43.0 Å². The van der Waals surface area contributed by atoms with Gasteiger partial charge in [0.1, 0.15) is 12.3 Å². The first-order valence-corrected chi connectivity index (χ1v) is 15.9. The lowest BCUT2D eigenvalue weighted by Gasteiger charge is -2.34. The van der Waals surface area contributed by atoms with Crippen LogP contribution in [0.25, 0.3) is 12.2 Å². The number of H-pyrrole nitrogens is 1. The summed E-state index contributed by atoms with van der Waals surface area (Å²) in [5.41, 5.74) is 0.668. The fourth-order valence-electron chi connectivity index (χ4n) is 5.56. The summed E-state index contributed by atoms with van der Waals surface area (Å²) in [6, 6.07) is 7.56. The van der Waals surface area contributed by atoms with Gasteiger partial charge in [0, 0.05) is 41.2 Å². The van der Waals surface area contributed by atoms with Crippen molar-refractivity contribution in [2.45, 2.75) is 76.5 Å². The van der Waals surface area contributed by atoms with Gasteiger partial charge >= 0.3 is 5.69 Å². The first-order valence-electron chi connectivity index (χ1n) is 16.0. The third-order valence-corrected chi connectivity index (χ3v) is 8.18. The summed E-state index contributed by atoms with van der Waals surface area (Å²) in [5, 5.41) is 16.0. The van der Waals surface area contributed by atoms with Gasteiger partial charge in [0.05, 0.1) is 25.6 Å². The number of unbranched alkanes of at least 4 members (excludes halogenated alkanes) is 1. The SMILES string of the molecule is [3H]POCC1OC(n2cc(C=CCNC(=O)C=Cc3cccc(CNC(=O)C4CCCCN4CCCC)c3)c(=O)[nH]c2=O)CC1O. The van der Waals surface area contributed by atoms with Gasteiger partial charge in [-0.05, 0) is 55.6 Å². The second kappa shape index (κ2) is 17.3. The highest BCUT2D eigenvalue weighted by Gasteiger charge is 2.35. The Morgan fingerprint density at radius 2 is 2.13 bits per heavy atom. The molecule has 4 N–H and O–H groups in total. The zero-order valence-electron chi connectivity index (χ0n) is 26.6. The molecule has 4 rings (SSSR count). The Morgan fingerprint density at radius 3 is 2.96 bits per heavy atom. The molecule has 0 radical (unpaired) electrons. The molecular formula is C32H44N5O7P. The van der Waals surface area contributed by atoms with Gasteiger partial charge in [0.15, 0.2) is 0 Å². The molecule has 5 atom stereocenters. The number of aliphatic hydroxyl groups excluding tert-OH is 1. The first-order chi connectivity index (χ1) is 22.3. The Hall–Kier alpha value is -3.41. The Morgan fingerprint density at radius 1 is 1.27 bits per heavy atom. The number of hydrogen-bond donors (Lipinski definition) is 4. The van der Waals surface area contributed by atoms with E-state index < -0.39 is 39.1 Å². The minimum atomic E-state index is -0.876. The summed E-state index contributed by atoms with van der Waals surface area (Å²) >= 11 is 0. The molecule has 1 aromatic carbocycles. The number of piperidine rings is 1. The fraction of sp³-hybridized carbons (Fsp3) is 0.500. The summed E-state index contributed by atoms with van der Waals surface area (Å²) < 4.78 is 19.0. The number of aliphatic hydroxyl groups is 1. The number of likely N-dealkylation sites (tertiary alicyclic amines) is 1. The van der Waals surface area contributed by atoms with Crippen molar-refractivity contribution in [1.82, 2.24) is 25.1 Å². The molecule has 0 saturated carbocycles. The largest absolute Gasteiger partial charge is 0.390 e. The molecule has 0 bridgehead atoms. The zero-order valence-corrected chi connectivity index (χ0v) is 26.6. The van der Waals surface area contributed by atoms with Gasteiger partial charge in [-0.1, -0.05) is 50.1 Å². The van der Waals surface area contributed by atoms with E-state index >= 15 is 0 Å². The molecule has 2 aliphatic rings. The normalized spacial score (nSPS) is 22.8. The third kappa shape index (κ3) is 10.0. The number of aromatic amines is 1. The van der Waals surface area contributed by atoms with Crippen molar-refractivity contribution in [3.8, 4) is 0 Å². The zero-order chi connectivity index (χ0) is 32.9. The lowest BCUT2D eigenvalue weighted by atomic mass is 10.0. The van der Waals surface area contributed by atoms with E-state index in [1.165, 1.54) is 22.9 Å². The number of aromatic nitrogens is 2. The lowest BCUT2D eigenvalue weighted by Crippen LogP contribution is -2.49. The molecule has 0 spiro atoms. The predicted molar refractivity (Wildman–Crippen MR) is 175 cm³/mol. The van der Waals surface area contributed by atoms with Gasteiger partial charge in [-0.2, -0.15) is 0 Å². The maximum Gasteiger partial charge on any atom is 0.330 e. The summed E-state index contributed by atoms with van der Waals surface area (Å²) in [4.78, 5) is 54.6. The van der Waals surface area contributed by atoms with Gasteiger partial charge in [-0.25, -0.2) is 4.79 Å². The molecule has 2 amide bonds. The molecule has 3 heterocycles. The Kier molecular flexibility index (Phi) is 12.7. The van der Waals surface area contributed by atoms with Crippen LogP contribution in [-0.4, -0.2) is 77.1 Å². The monoisotopic (exact) mass is 643 g/mol. The van der Waals surface area contributed by atoms with Gasteiger partial charge in [0.2, 0.25) is 11.8 Å². The molecule has 5 unspecified atom stereocenters. The van der Waals surface area contributed by atoms with Crippen molar-refractivity contribution >= 4 is 33.4 Å². The fourth-order valence-corrected chi connectivity index (χ4v) is 5.72. The van der Waals surface area contributed by atoms with Crippen LogP contribution in [0.2, 0.25) is 0 Å². The highest BCUT2D eigenvalue weighted by Crippen LogP contribution is 2.28. The van der Waals surface area contributed by atoms with E-state index in [9.17, 15) is 24.3 Å². The van der Waals surface area contributed by atoms with Crippen molar-refractivity contribution in [3.63, 3.8) is 0 Å². The van der Waals surface area contributed by atoms with E-state index in [1.807, 2.05) is 24.3 Å². The third-order valence-electron chi connectivity index (χ3n) is 8.01. The van der Waals surface area contributed by atoms with Crippen molar-refractivity contribution in [1.29, 1.82) is 1.28 Å². The maximum absolute atomic E-state index is 12.9. The molecule has 13 heteroatoms. The number of hydrogen-bond acceptors (Lipinski definition) is 8. The summed E-state index contributed by atoms with van der Waals surface area (Å²) in [5.74, 6) is -0.266. The van der Waals surface area contributed by atoms with Crippen LogP contribution in [0.3, 0.4) is 0 Å². The Bertz CT molecular complexity index is 1500. The Labute approximate surface area is 266 Å². The van der Waals surface area contributed by atoms with Crippen LogP contribution in [0.5, 0.6) is 0 Å². The summed E-state index contributed by atoms with van der Waals surface area (Å²) in [6.45, 7) is 4.66. The molecule has 2 aromatic rings. The van der Waals surface area contributed by atoms with E-state index in [0.29, 0.717) is 6.54 Å². The molecule has 244 valence electrons. The molecule has 2 fully saturated rings. The van der Waals surface area contributed by atoms with Crippen LogP contribution in [0.15, 0.2) is 52.2 Å². The van der Waals surface area contributed by atoms with Gasteiger partial charge in [-0.15, -0.1) is 0 Å². The van der Waals surface area contributed by atoms with Crippen LogP contribution >= 0.6 is 9.41 Å². The second-order valence-electron chi connectivity index (χ2n) is 11.3. The van der Waals surface area contributed by atoms with Crippen molar-refractivity contribution in [3.05, 3.63) is 80.1 Å².